The first-order chi connectivity index (χ1) is 9.93. The topological polar surface area (TPSA) is 62.8 Å². The molecule has 6 heteroatoms. The fraction of sp³-hybridized carbons (Fsp3) is 0.133. The maximum Gasteiger partial charge on any atom is 0.177 e. The van der Waals surface area contributed by atoms with Crippen molar-refractivity contribution in [1.29, 1.82) is 0 Å². The molecular weight excluding hydrogens is 352 g/mol. The molecule has 1 heterocycles. The summed E-state index contributed by atoms with van der Waals surface area (Å²) in [6.45, 7) is 0. The van der Waals surface area contributed by atoms with Crippen LogP contribution in [-0.4, -0.2) is 24.6 Å². The third-order valence-corrected chi connectivity index (χ3v) is 4.81. The number of halogens is 1. The largest absolute Gasteiger partial charge is 0.342 e. The molecule has 0 radical (unpaired) electrons. The van der Waals surface area contributed by atoms with Gasteiger partial charge in [-0.1, -0.05) is 34.1 Å². The molecule has 21 heavy (non-hydrogen) atoms. The number of nitrogens with zero attached hydrogens (tertiary/aromatic N) is 1. The summed E-state index contributed by atoms with van der Waals surface area (Å²) in [5.74, 6) is 0.749. The summed E-state index contributed by atoms with van der Waals surface area (Å²) in [5.41, 5.74) is 2.34. The maximum atomic E-state index is 11.8. The molecule has 0 atom stereocenters. The van der Waals surface area contributed by atoms with Crippen molar-refractivity contribution in [1.82, 2.24) is 9.97 Å². The van der Waals surface area contributed by atoms with Crippen molar-refractivity contribution in [3.05, 3.63) is 58.3 Å². The lowest BCUT2D eigenvalue weighted by atomic mass is 10.1. The van der Waals surface area contributed by atoms with Gasteiger partial charge in [-0.15, -0.1) is 0 Å². The molecule has 0 amide bonds. The predicted molar refractivity (Wildman–Crippen MR) is 86.2 cm³/mol. The van der Waals surface area contributed by atoms with Crippen LogP contribution in [0.3, 0.4) is 0 Å². The van der Waals surface area contributed by atoms with Crippen LogP contribution >= 0.6 is 15.9 Å². The van der Waals surface area contributed by atoms with Gasteiger partial charge in [-0.25, -0.2) is 13.4 Å². The first-order valence-corrected chi connectivity index (χ1v) is 9.04. The number of rotatable bonds is 3. The Balaban J connectivity index is 2.06. The average Bonchev–Trinajstić information content (AvgIpc) is 2.79. The molecule has 108 valence electrons. The number of para-hydroxylation sites is 1. The zero-order valence-electron chi connectivity index (χ0n) is 11.3. The number of aromatic nitrogens is 2. The minimum absolute atomic E-state index is 0.261. The number of H-pyrrole nitrogens is 1. The molecule has 1 N–H and O–H groups in total. The molecule has 0 saturated carbocycles. The Labute approximate surface area is 131 Å². The van der Waals surface area contributed by atoms with Crippen molar-refractivity contribution in [2.75, 3.05) is 6.26 Å². The van der Waals surface area contributed by atoms with Gasteiger partial charge in [0.25, 0.3) is 0 Å². The number of nitrogens with one attached hydrogen (secondary N) is 1. The number of benzene rings is 2. The predicted octanol–water partition coefficient (Wildman–Crippen LogP) is 3.32. The van der Waals surface area contributed by atoms with Crippen LogP contribution in [-0.2, 0) is 16.3 Å². The van der Waals surface area contributed by atoms with Gasteiger partial charge in [0.05, 0.1) is 10.4 Å². The summed E-state index contributed by atoms with van der Waals surface area (Å²) in [4.78, 5) is 7.90. The third kappa shape index (κ3) is 3.01. The minimum atomic E-state index is -3.29. The Morgan fingerprint density at radius 2 is 1.95 bits per heavy atom. The second-order valence-electron chi connectivity index (χ2n) is 4.91. The number of aromatic amines is 1. The van der Waals surface area contributed by atoms with E-state index in [9.17, 15) is 8.42 Å². The highest BCUT2D eigenvalue weighted by Gasteiger charge is 2.15. The van der Waals surface area contributed by atoms with E-state index in [0.717, 1.165) is 21.4 Å². The van der Waals surface area contributed by atoms with E-state index in [-0.39, 0.29) is 4.90 Å². The molecule has 0 unspecified atom stereocenters. The molecule has 0 aliphatic heterocycles. The first kappa shape index (κ1) is 14.3. The van der Waals surface area contributed by atoms with E-state index in [1.54, 1.807) is 12.1 Å². The SMILES string of the molecule is CS(=O)(=O)c1cccc2[nH]c(Cc3cccc(Br)c3)nc12. The standard InChI is InChI=1S/C15H13BrN2O2S/c1-21(19,20)13-7-3-6-12-15(13)18-14(17-12)9-10-4-2-5-11(16)8-10/h2-8H,9H2,1H3,(H,17,18). The van der Waals surface area contributed by atoms with Gasteiger partial charge in [-0.05, 0) is 29.8 Å². The number of imidazole rings is 1. The van der Waals surface area contributed by atoms with Crippen molar-refractivity contribution in [3.63, 3.8) is 0 Å². The molecule has 0 spiro atoms. The van der Waals surface area contributed by atoms with Crippen molar-refractivity contribution in [2.24, 2.45) is 0 Å². The van der Waals surface area contributed by atoms with Gasteiger partial charge >= 0.3 is 0 Å². The van der Waals surface area contributed by atoms with E-state index in [4.69, 9.17) is 0 Å². The van der Waals surface area contributed by atoms with E-state index in [1.165, 1.54) is 6.26 Å². The molecule has 0 bridgehead atoms. The molecule has 3 rings (SSSR count). The van der Waals surface area contributed by atoms with Gasteiger partial charge in [0.15, 0.2) is 9.84 Å². The maximum absolute atomic E-state index is 11.8. The van der Waals surface area contributed by atoms with E-state index < -0.39 is 9.84 Å². The normalized spacial score (nSPS) is 11.9. The van der Waals surface area contributed by atoms with Gasteiger partial charge in [-0.2, -0.15) is 0 Å². The van der Waals surface area contributed by atoms with Gasteiger partial charge in [-0.3, -0.25) is 0 Å². The highest BCUT2D eigenvalue weighted by atomic mass is 79.9. The average molecular weight is 365 g/mol. The molecule has 2 aromatic carbocycles. The Morgan fingerprint density at radius 1 is 1.19 bits per heavy atom. The summed E-state index contributed by atoms with van der Waals surface area (Å²) < 4.78 is 24.6. The summed E-state index contributed by atoms with van der Waals surface area (Å²) >= 11 is 3.44. The number of hydrogen-bond acceptors (Lipinski definition) is 3. The number of hydrogen-bond donors (Lipinski definition) is 1. The highest BCUT2D eigenvalue weighted by molar-refractivity contribution is 9.10. The Hall–Kier alpha value is -1.66. The molecule has 0 aliphatic rings. The van der Waals surface area contributed by atoms with Crippen LogP contribution in [0.25, 0.3) is 11.0 Å². The second kappa shape index (κ2) is 5.27. The van der Waals surface area contributed by atoms with E-state index >= 15 is 0 Å². The van der Waals surface area contributed by atoms with Gasteiger partial charge in [0, 0.05) is 17.1 Å². The van der Waals surface area contributed by atoms with Crippen LogP contribution in [0.15, 0.2) is 51.8 Å². The van der Waals surface area contributed by atoms with Crippen molar-refractivity contribution >= 4 is 36.8 Å². The highest BCUT2D eigenvalue weighted by Crippen LogP contribution is 2.22. The Bertz CT molecular complexity index is 916. The molecule has 4 nitrogen and oxygen atoms in total. The van der Waals surface area contributed by atoms with Gasteiger partial charge in [0.2, 0.25) is 0 Å². The lowest BCUT2D eigenvalue weighted by Crippen LogP contribution is -1.97. The summed E-state index contributed by atoms with van der Waals surface area (Å²) in [6, 6.07) is 13.1. The first-order valence-electron chi connectivity index (χ1n) is 6.35. The fourth-order valence-electron chi connectivity index (χ4n) is 2.28. The smallest absolute Gasteiger partial charge is 0.177 e. The van der Waals surface area contributed by atoms with Crippen LogP contribution in [0, 0.1) is 0 Å². The molecule has 0 aliphatic carbocycles. The molecule has 0 saturated heterocycles. The Kier molecular flexibility index (Phi) is 3.59. The summed E-state index contributed by atoms with van der Waals surface area (Å²) in [6.07, 6.45) is 1.82. The third-order valence-electron chi connectivity index (χ3n) is 3.18. The van der Waals surface area contributed by atoms with Gasteiger partial charge < -0.3 is 4.98 Å². The molecule has 1 aromatic heterocycles. The lowest BCUT2D eigenvalue weighted by Gasteiger charge is -1.98. The minimum Gasteiger partial charge on any atom is -0.342 e. The van der Waals surface area contributed by atoms with Crippen molar-refractivity contribution in [2.45, 2.75) is 11.3 Å². The van der Waals surface area contributed by atoms with E-state index in [0.29, 0.717) is 11.9 Å². The van der Waals surface area contributed by atoms with Gasteiger partial charge in [0.1, 0.15) is 11.3 Å². The van der Waals surface area contributed by atoms with E-state index in [2.05, 4.69) is 25.9 Å². The monoisotopic (exact) mass is 364 g/mol. The zero-order chi connectivity index (χ0) is 15.0. The summed E-state index contributed by atoms with van der Waals surface area (Å²) in [7, 11) is -3.29. The molecule has 0 fully saturated rings. The van der Waals surface area contributed by atoms with Crippen LogP contribution in [0.5, 0.6) is 0 Å². The molecular formula is C15H13BrN2O2S. The second-order valence-corrected chi connectivity index (χ2v) is 7.81. The quantitative estimate of drug-likeness (QED) is 0.775. The van der Waals surface area contributed by atoms with Crippen molar-refractivity contribution < 1.29 is 8.42 Å². The van der Waals surface area contributed by atoms with Crippen LogP contribution < -0.4 is 0 Å². The van der Waals surface area contributed by atoms with E-state index in [1.807, 2.05) is 30.3 Å². The number of fused-ring (bicyclic) bond motifs is 1. The van der Waals surface area contributed by atoms with Crippen LogP contribution in [0.4, 0.5) is 0 Å². The van der Waals surface area contributed by atoms with Crippen molar-refractivity contribution in [3.8, 4) is 0 Å². The number of sulfone groups is 1. The van der Waals surface area contributed by atoms with Crippen LogP contribution in [0.1, 0.15) is 11.4 Å². The summed E-state index contributed by atoms with van der Waals surface area (Å²) in [5, 5.41) is 0. The molecule has 3 aromatic rings. The lowest BCUT2D eigenvalue weighted by molar-refractivity contribution is 0.602. The van der Waals surface area contributed by atoms with Crippen LogP contribution in [0.2, 0.25) is 0 Å². The Morgan fingerprint density at radius 3 is 2.67 bits per heavy atom. The fourth-order valence-corrected chi connectivity index (χ4v) is 3.56. The zero-order valence-corrected chi connectivity index (χ0v) is 13.7.